The van der Waals surface area contributed by atoms with E-state index in [0.717, 1.165) is 25.8 Å². The average molecular weight is 331 g/mol. The topological polar surface area (TPSA) is 37.8 Å². The summed E-state index contributed by atoms with van der Waals surface area (Å²) in [4.78, 5) is 10.1. The number of anilines is 1. The van der Waals surface area contributed by atoms with Crippen LogP contribution < -0.4 is 5.32 Å². The van der Waals surface area contributed by atoms with Crippen molar-refractivity contribution < 1.29 is 0 Å². The molecule has 2 aromatic heterocycles. The first-order valence-electron chi connectivity index (χ1n) is 4.48. The van der Waals surface area contributed by atoms with Crippen molar-refractivity contribution >= 4 is 39.7 Å². The number of hydrogen-bond acceptors (Lipinski definition) is 4. The molecule has 0 unspecified atom stereocenters. The van der Waals surface area contributed by atoms with Gasteiger partial charge < -0.3 is 5.32 Å². The van der Waals surface area contributed by atoms with Crippen LogP contribution in [0, 0.1) is 10.5 Å². The minimum absolute atomic E-state index is 0.798. The molecule has 0 fully saturated rings. The number of hydrogen-bond donors (Lipinski definition) is 1. The van der Waals surface area contributed by atoms with Crippen molar-refractivity contribution in [2.45, 2.75) is 6.92 Å². The van der Waals surface area contributed by atoms with Crippen LogP contribution in [0.5, 0.6) is 0 Å². The van der Waals surface area contributed by atoms with Crippen LogP contribution in [0.15, 0.2) is 17.5 Å². The van der Waals surface area contributed by atoms with E-state index >= 15 is 0 Å². The molecule has 0 bridgehead atoms. The number of aromatic nitrogens is 2. The van der Waals surface area contributed by atoms with Crippen LogP contribution in [-0.4, -0.2) is 17.0 Å². The maximum atomic E-state index is 4.48. The number of nitrogens with one attached hydrogen (secondary N) is 1. The molecule has 1 N–H and O–H groups in total. The molecule has 0 saturated carbocycles. The van der Waals surface area contributed by atoms with Gasteiger partial charge in [0.25, 0.3) is 0 Å². The summed E-state index contributed by atoms with van der Waals surface area (Å²) in [6.45, 7) is 2.00. The van der Waals surface area contributed by atoms with Crippen LogP contribution in [0.25, 0.3) is 10.7 Å². The lowest BCUT2D eigenvalue weighted by Crippen LogP contribution is -2.02. The van der Waals surface area contributed by atoms with Gasteiger partial charge in [-0.05, 0) is 41.0 Å². The Morgan fingerprint density at radius 3 is 2.80 bits per heavy atom. The number of thiophene rings is 1. The van der Waals surface area contributed by atoms with Crippen LogP contribution in [0.4, 0.5) is 5.82 Å². The van der Waals surface area contributed by atoms with Gasteiger partial charge in [0.15, 0.2) is 5.82 Å². The van der Waals surface area contributed by atoms with E-state index in [-0.39, 0.29) is 0 Å². The first-order chi connectivity index (χ1) is 7.22. The predicted molar refractivity (Wildman–Crippen MR) is 72.3 cm³/mol. The van der Waals surface area contributed by atoms with E-state index < -0.39 is 0 Å². The molecule has 2 heterocycles. The molecule has 0 aliphatic heterocycles. The van der Waals surface area contributed by atoms with Gasteiger partial charge in [-0.1, -0.05) is 6.07 Å². The number of nitrogens with zero attached hydrogens (tertiary/aromatic N) is 2. The highest BCUT2D eigenvalue weighted by molar-refractivity contribution is 14.1. The van der Waals surface area contributed by atoms with Crippen LogP contribution in [0.3, 0.4) is 0 Å². The Morgan fingerprint density at radius 1 is 1.40 bits per heavy atom. The van der Waals surface area contributed by atoms with Crippen molar-refractivity contribution in [3.8, 4) is 10.7 Å². The molecule has 0 aromatic carbocycles. The Kier molecular flexibility index (Phi) is 3.20. The van der Waals surface area contributed by atoms with Gasteiger partial charge in [0.1, 0.15) is 5.82 Å². The Labute approximate surface area is 106 Å². The van der Waals surface area contributed by atoms with Gasteiger partial charge in [-0.15, -0.1) is 11.3 Å². The number of rotatable bonds is 2. The highest BCUT2D eigenvalue weighted by Crippen LogP contribution is 2.25. The van der Waals surface area contributed by atoms with Crippen LogP contribution in [0.2, 0.25) is 0 Å². The van der Waals surface area contributed by atoms with E-state index in [1.807, 2.05) is 31.5 Å². The first kappa shape index (κ1) is 10.8. The monoisotopic (exact) mass is 331 g/mol. The third-order valence-electron chi connectivity index (χ3n) is 2.00. The predicted octanol–water partition coefficient (Wildman–Crippen LogP) is 3.16. The SMILES string of the molecule is CNc1nc(-c2cccs2)nc(C)c1I. The van der Waals surface area contributed by atoms with E-state index in [9.17, 15) is 0 Å². The average Bonchev–Trinajstić information content (AvgIpc) is 2.75. The molecule has 5 heteroatoms. The summed E-state index contributed by atoms with van der Waals surface area (Å²) in [5.41, 5.74) is 1.01. The Balaban J connectivity index is 2.55. The van der Waals surface area contributed by atoms with Gasteiger partial charge in [-0.25, -0.2) is 9.97 Å². The van der Waals surface area contributed by atoms with Gasteiger partial charge in [-0.3, -0.25) is 0 Å². The molecule has 0 amide bonds. The Hall–Kier alpha value is -0.690. The zero-order valence-electron chi connectivity index (χ0n) is 8.41. The minimum Gasteiger partial charge on any atom is -0.372 e. The normalized spacial score (nSPS) is 10.3. The molecule has 0 saturated heterocycles. The lowest BCUT2D eigenvalue weighted by atomic mass is 10.4. The minimum atomic E-state index is 0.798. The fraction of sp³-hybridized carbons (Fsp3) is 0.200. The van der Waals surface area contributed by atoms with Gasteiger partial charge in [0.05, 0.1) is 14.1 Å². The van der Waals surface area contributed by atoms with Crippen LogP contribution in [-0.2, 0) is 0 Å². The second kappa shape index (κ2) is 4.44. The molecule has 78 valence electrons. The van der Waals surface area contributed by atoms with Gasteiger partial charge >= 0.3 is 0 Å². The molecule has 3 nitrogen and oxygen atoms in total. The highest BCUT2D eigenvalue weighted by Gasteiger charge is 2.09. The van der Waals surface area contributed by atoms with E-state index in [4.69, 9.17) is 0 Å². The molecular weight excluding hydrogens is 321 g/mol. The summed E-state index contributed by atoms with van der Waals surface area (Å²) in [5, 5.41) is 5.12. The zero-order valence-corrected chi connectivity index (χ0v) is 11.4. The Bertz CT molecular complexity index is 468. The van der Waals surface area contributed by atoms with Crippen molar-refractivity contribution in [1.29, 1.82) is 0 Å². The third kappa shape index (κ3) is 2.12. The van der Waals surface area contributed by atoms with E-state index in [1.165, 1.54) is 0 Å². The summed E-state index contributed by atoms with van der Waals surface area (Å²) in [5.74, 6) is 1.69. The first-order valence-corrected chi connectivity index (χ1v) is 6.44. The summed E-state index contributed by atoms with van der Waals surface area (Å²) < 4.78 is 1.08. The molecule has 0 aliphatic carbocycles. The summed E-state index contributed by atoms with van der Waals surface area (Å²) in [6.07, 6.45) is 0. The highest BCUT2D eigenvalue weighted by atomic mass is 127. The molecule has 0 atom stereocenters. The molecule has 15 heavy (non-hydrogen) atoms. The Morgan fingerprint density at radius 2 is 2.20 bits per heavy atom. The maximum Gasteiger partial charge on any atom is 0.171 e. The van der Waals surface area contributed by atoms with E-state index in [2.05, 4.69) is 37.9 Å². The number of aryl methyl sites for hydroxylation is 1. The van der Waals surface area contributed by atoms with Crippen LogP contribution >= 0.6 is 33.9 Å². The van der Waals surface area contributed by atoms with Crippen molar-refractivity contribution in [1.82, 2.24) is 9.97 Å². The summed E-state index contributed by atoms with van der Waals surface area (Å²) >= 11 is 3.91. The third-order valence-corrected chi connectivity index (χ3v) is 4.15. The molecule has 0 radical (unpaired) electrons. The summed E-state index contributed by atoms with van der Waals surface area (Å²) in [7, 11) is 1.88. The maximum absolute atomic E-state index is 4.48. The fourth-order valence-electron chi connectivity index (χ4n) is 1.24. The summed E-state index contributed by atoms with van der Waals surface area (Å²) in [6, 6.07) is 4.04. The van der Waals surface area contributed by atoms with Crippen molar-refractivity contribution in [2.75, 3.05) is 12.4 Å². The van der Waals surface area contributed by atoms with E-state index in [0.29, 0.717) is 0 Å². The van der Waals surface area contributed by atoms with E-state index in [1.54, 1.807) is 11.3 Å². The smallest absolute Gasteiger partial charge is 0.171 e. The quantitative estimate of drug-likeness (QED) is 0.859. The molecule has 0 spiro atoms. The lowest BCUT2D eigenvalue weighted by molar-refractivity contribution is 1.09. The van der Waals surface area contributed by atoms with Crippen molar-refractivity contribution in [3.05, 3.63) is 26.8 Å². The van der Waals surface area contributed by atoms with Gasteiger partial charge in [0.2, 0.25) is 0 Å². The zero-order chi connectivity index (χ0) is 10.8. The van der Waals surface area contributed by atoms with Crippen molar-refractivity contribution in [2.24, 2.45) is 0 Å². The molecule has 2 rings (SSSR count). The largest absolute Gasteiger partial charge is 0.372 e. The lowest BCUT2D eigenvalue weighted by Gasteiger charge is -2.07. The van der Waals surface area contributed by atoms with Crippen molar-refractivity contribution in [3.63, 3.8) is 0 Å². The standard InChI is InChI=1S/C10H10IN3S/c1-6-8(11)10(12-2)14-9(13-6)7-4-3-5-15-7/h3-5H,1-2H3,(H,12,13,14). The van der Waals surface area contributed by atoms with Gasteiger partial charge in [0, 0.05) is 7.05 Å². The molecular formula is C10H10IN3S. The number of halogens is 1. The fourth-order valence-corrected chi connectivity index (χ4v) is 2.41. The van der Waals surface area contributed by atoms with Crippen LogP contribution in [0.1, 0.15) is 5.69 Å². The molecule has 0 aliphatic rings. The molecule has 2 aromatic rings. The van der Waals surface area contributed by atoms with Gasteiger partial charge in [-0.2, -0.15) is 0 Å². The second-order valence-electron chi connectivity index (χ2n) is 3.02. The second-order valence-corrected chi connectivity index (χ2v) is 5.05.